The van der Waals surface area contributed by atoms with Crippen LogP contribution in [0.1, 0.15) is 6.42 Å². The van der Waals surface area contributed by atoms with E-state index in [2.05, 4.69) is 15.9 Å². The lowest BCUT2D eigenvalue weighted by Crippen LogP contribution is -2.33. The molecule has 1 amide bonds. The summed E-state index contributed by atoms with van der Waals surface area (Å²) in [6.07, 6.45) is 0.122. The summed E-state index contributed by atoms with van der Waals surface area (Å²) in [4.78, 5) is 13.2. The number of ether oxygens (including phenoxy) is 1. The molecule has 1 aliphatic rings. The third-order valence-electron chi connectivity index (χ3n) is 2.76. The molecule has 0 radical (unpaired) electrons. The van der Waals surface area contributed by atoms with E-state index in [0.29, 0.717) is 24.0 Å². The lowest BCUT2D eigenvalue weighted by Gasteiger charge is -2.16. The maximum Gasteiger partial charge on any atom is 0.260 e. The Balaban J connectivity index is 1.89. The molecule has 0 unspecified atom stereocenters. The van der Waals surface area contributed by atoms with E-state index in [0.717, 1.165) is 0 Å². The zero-order valence-corrected chi connectivity index (χ0v) is 11.2. The number of β-amino-alcohol motifs (C(OH)–C–C–N with tert-alkyl or cyclic N) is 1. The summed E-state index contributed by atoms with van der Waals surface area (Å²) in [5.74, 6) is -0.709. The van der Waals surface area contributed by atoms with Gasteiger partial charge in [0.15, 0.2) is 18.2 Å². The molecule has 6 heteroatoms. The molecule has 0 bridgehead atoms. The first-order valence-electron chi connectivity index (χ1n) is 5.60. The Kier molecular flexibility index (Phi) is 4.19. The van der Waals surface area contributed by atoms with E-state index in [1.807, 2.05) is 0 Å². The number of hydrogen-bond acceptors (Lipinski definition) is 3. The Hall–Kier alpha value is -1.14. The van der Waals surface area contributed by atoms with Crippen LogP contribution in [-0.4, -0.2) is 41.7 Å². The average molecular weight is 318 g/mol. The molecule has 1 atom stereocenters. The Morgan fingerprint density at radius 2 is 2.39 bits per heavy atom. The topological polar surface area (TPSA) is 49.8 Å². The van der Waals surface area contributed by atoms with Gasteiger partial charge in [0.2, 0.25) is 0 Å². The lowest BCUT2D eigenvalue weighted by molar-refractivity contribution is -0.132. The van der Waals surface area contributed by atoms with Gasteiger partial charge in [-0.1, -0.05) is 15.9 Å². The van der Waals surface area contributed by atoms with Crippen LogP contribution in [0.25, 0.3) is 0 Å². The van der Waals surface area contributed by atoms with Crippen molar-refractivity contribution in [3.63, 3.8) is 0 Å². The summed E-state index contributed by atoms with van der Waals surface area (Å²) in [5, 5.41) is 9.31. The molecule has 1 fully saturated rings. The highest BCUT2D eigenvalue weighted by Crippen LogP contribution is 2.21. The van der Waals surface area contributed by atoms with Crippen LogP contribution >= 0.6 is 15.9 Å². The molecule has 1 aromatic rings. The number of benzene rings is 1. The van der Waals surface area contributed by atoms with E-state index in [9.17, 15) is 14.3 Å². The minimum atomic E-state index is -0.515. The predicted octanol–water partition coefficient (Wildman–Crippen LogP) is 1.56. The molecular weight excluding hydrogens is 305 g/mol. The summed E-state index contributed by atoms with van der Waals surface area (Å²) >= 11 is 3.14. The van der Waals surface area contributed by atoms with Crippen LogP contribution < -0.4 is 4.74 Å². The van der Waals surface area contributed by atoms with Crippen molar-refractivity contribution in [2.75, 3.05) is 19.7 Å². The number of carbonyl (C=O) groups is 1. The average Bonchev–Trinajstić information content (AvgIpc) is 2.74. The minimum absolute atomic E-state index is 0.0475. The number of aliphatic hydroxyl groups is 1. The fraction of sp³-hybridized carbons (Fsp3) is 0.417. The Labute approximate surface area is 112 Å². The van der Waals surface area contributed by atoms with Crippen molar-refractivity contribution in [3.05, 3.63) is 28.5 Å². The highest BCUT2D eigenvalue weighted by molar-refractivity contribution is 9.10. The molecule has 1 aliphatic heterocycles. The van der Waals surface area contributed by atoms with Crippen LogP contribution in [0.5, 0.6) is 5.75 Å². The number of halogens is 2. The van der Waals surface area contributed by atoms with E-state index in [-0.39, 0.29) is 18.3 Å². The number of carbonyl (C=O) groups excluding carboxylic acids is 1. The van der Waals surface area contributed by atoms with Gasteiger partial charge in [-0.2, -0.15) is 0 Å². The molecular formula is C12H13BrFNO3. The van der Waals surface area contributed by atoms with Crippen molar-refractivity contribution < 1.29 is 19.0 Å². The van der Waals surface area contributed by atoms with Gasteiger partial charge in [-0.25, -0.2) is 4.39 Å². The van der Waals surface area contributed by atoms with E-state index in [4.69, 9.17) is 4.74 Å². The van der Waals surface area contributed by atoms with E-state index < -0.39 is 11.9 Å². The largest absolute Gasteiger partial charge is 0.481 e. The summed E-state index contributed by atoms with van der Waals surface area (Å²) in [7, 11) is 0. The van der Waals surface area contributed by atoms with Gasteiger partial charge in [-0.3, -0.25) is 4.79 Å². The fourth-order valence-electron chi connectivity index (χ4n) is 1.79. The van der Waals surface area contributed by atoms with Gasteiger partial charge >= 0.3 is 0 Å². The Bertz CT molecular complexity index is 455. The van der Waals surface area contributed by atoms with Gasteiger partial charge in [-0.05, 0) is 24.6 Å². The smallest absolute Gasteiger partial charge is 0.260 e. The molecule has 0 aliphatic carbocycles. The van der Waals surface area contributed by atoms with Crippen LogP contribution in [-0.2, 0) is 4.79 Å². The van der Waals surface area contributed by atoms with Crippen LogP contribution in [0.15, 0.2) is 22.7 Å². The highest BCUT2D eigenvalue weighted by Gasteiger charge is 2.24. The lowest BCUT2D eigenvalue weighted by atomic mass is 10.3. The van der Waals surface area contributed by atoms with Crippen molar-refractivity contribution in [3.8, 4) is 5.75 Å². The second-order valence-electron chi connectivity index (χ2n) is 4.15. The predicted molar refractivity (Wildman–Crippen MR) is 66.8 cm³/mol. The second-order valence-corrected chi connectivity index (χ2v) is 5.06. The SMILES string of the molecule is O=C(COc1ccc(Br)cc1F)N1CC[C@H](O)C1. The Morgan fingerprint density at radius 1 is 1.61 bits per heavy atom. The van der Waals surface area contributed by atoms with Crippen LogP contribution in [0.4, 0.5) is 4.39 Å². The van der Waals surface area contributed by atoms with Crippen molar-refractivity contribution in [2.45, 2.75) is 12.5 Å². The molecule has 18 heavy (non-hydrogen) atoms. The molecule has 1 aromatic carbocycles. The van der Waals surface area contributed by atoms with Crippen LogP contribution in [0.3, 0.4) is 0 Å². The minimum Gasteiger partial charge on any atom is -0.481 e. The molecule has 0 saturated carbocycles. The zero-order chi connectivity index (χ0) is 13.1. The maximum absolute atomic E-state index is 13.4. The molecule has 1 saturated heterocycles. The number of hydrogen-bond donors (Lipinski definition) is 1. The van der Waals surface area contributed by atoms with Crippen molar-refractivity contribution in [2.24, 2.45) is 0 Å². The van der Waals surface area contributed by atoms with Gasteiger partial charge < -0.3 is 14.7 Å². The summed E-state index contributed by atoms with van der Waals surface area (Å²) < 4.78 is 19.2. The molecule has 2 rings (SSSR count). The molecule has 1 heterocycles. The maximum atomic E-state index is 13.4. The van der Waals surface area contributed by atoms with Crippen molar-refractivity contribution >= 4 is 21.8 Å². The molecule has 1 N–H and O–H groups in total. The molecule has 98 valence electrons. The fourth-order valence-corrected chi connectivity index (χ4v) is 2.12. The summed E-state index contributed by atoms with van der Waals surface area (Å²) in [6.45, 7) is 0.627. The van der Waals surface area contributed by atoms with E-state index >= 15 is 0 Å². The molecule has 0 spiro atoms. The molecule has 4 nitrogen and oxygen atoms in total. The first-order valence-corrected chi connectivity index (χ1v) is 6.39. The van der Waals surface area contributed by atoms with Gasteiger partial charge in [0.1, 0.15) is 0 Å². The normalized spacial score (nSPS) is 19.1. The number of rotatable bonds is 3. The first-order chi connectivity index (χ1) is 8.56. The zero-order valence-electron chi connectivity index (χ0n) is 9.60. The van der Waals surface area contributed by atoms with Gasteiger partial charge in [0.25, 0.3) is 5.91 Å². The number of likely N-dealkylation sites (tertiary alicyclic amines) is 1. The van der Waals surface area contributed by atoms with Gasteiger partial charge in [0.05, 0.1) is 6.10 Å². The summed E-state index contributed by atoms with van der Waals surface area (Å²) in [6, 6.07) is 4.38. The second kappa shape index (κ2) is 5.67. The summed E-state index contributed by atoms with van der Waals surface area (Å²) in [5.41, 5.74) is 0. The third-order valence-corrected chi connectivity index (χ3v) is 3.25. The van der Waals surface area contributed by atoms with Crippen molar-refractivity contribution in [1.82, 2.24) is 4.90 Å². The molecule has 0 aromatic heterocycles. The number of nitrogens with zero attached hydrogens (tertiary/aromatic N) is 1. The monoisotopic (exact) mass is 317 g/mol. The van der Waals surface area contributed by atoms with E-state index in [1.54, 1.807) is 6.07 Å². The number of amides is 1. The van der Waals surface area contributed by atoms with Gasteiger partial charge in [-0.15, -0.1) is 0 Å². The van der Waals surface area contributed by atoms with Crippen LogP contribution in [0, 0.1) is 5.82 Å². The van der Waals surface area contributed by atoms with E-state index in [1.165, 1.54) is 17.0 Å². The van der Waals surface area contributed by atoms with Crippen molar-refractivity contribution in [1.29, 1.82) is 0 Å². The third kappa shape index (κ3) is 3.20. The van der Waals surface area contributed by atoms with Gasteiger partial charge in [0, 0.05) is 17.6 Å². The van der Waals surface area contributed by atoms with Crippen LogP contribution in [0.2, 0.25) is 0 Å². The quantitative estimate of drug-likeness (QED) is 0.920. The highest BCUT2D eigenvalue weighted by atomic mass is 79.9. The Morgan fingerprint density at radius 3 is 3.00 bits per heavy atom. The first kappa shape index (κ1) is 13.3. The number of aliphatic hydroxyl groups excluding tert-OH is 1. The standard InChI is InChI=1S/C12H13BrFNO3/c13-8-1-2-11(10(14)5-8)18-7-12(17)15-4-3-9(16)6-15/h1-2,5,9,16H,3-4,6-7H2/t9-/m0/s1.